The van der Waals surface area contributed by atoms with Gasteiger partial charge in [-0.25, -0.2) is 0 Å². The van der Waals surface area contributed by atoms with Gasteiger partial charge in [-0.1, -0.05) is 12.8 Å². The highest BCUT2D eigenvalue weighted by molar-refractivity contribution is 4.90. The zero-order chi connectivity index (χ0) is 9.61. The van der Waals surface area contributed by atoms with Gasteiger partial charge in [-0.2, -0.15) is 0 Å². The molecular weight excluding hydrogens is 148 g/mol. The van der Waals surface area contributed by atoms with E-state index in [1.54, 1.807) is 0 Å². The average molecular weight is 168 g/mol. The minimum atomic E-state index is 0.153. The zero-order valence-electron chi connectivity index (χ0n) is 8.65. The third-order valence-electron chi connectivity index (χ3n) is 1.68. The summed E-state index contributed by atoms with van der Waals surface area (Å²) in [6.07, 6.45) is 5.21. The Labute approximate surface area is 76.3 Å². The molecule has 0 aromatic rings. The molecule has 2 heteroatoms. The smallest absolute Gasteiger partial charge is 0.0597 e. The van der Waals surface area contributed by atoms with E-state index >= 15 is 0 Å². The summed E-state index contributed by atoms with van der Waals surface area (Å²) in [7, 11) is 2.04. The van der Waals surface area contributed by atoms with Crippen molar-refractivity contribution >= 4 is 0 Å². The maximum Gasteiger partial charge on any atom is 0.0597 e. The molecule has 0 aliphatic carbocycles. The van der Waals surface area contributed by atoms with Gasteiger partial charge in [0.1, 0.15) is 0 Å². The Morgan fingerprint density at radius 1 is 1.50 bits per heavy atom. The SMILES string of the molecule is C#CCN(C)CC(C)(C)NCC. The second kappa shape index (κ2) is 5.18. The molecule has 2 nitrogen and oxygen atoms in total. The summed E-state index contributed by atoms with van der Waals surface area (Å²) in [5.41, 5.74) is 0.153. The van der Waals surface area contributed by atoms with Crippen molar-refractivity contribution in [2.24, 2.45) is 0 Å². The quantitative estimate of drug-likeness (QED) is 0.615. The van der Waals surface area contributed by atoms with Gasteiger partial charge in [-0.05, 0) is 27.4 Å². The van der Waals surface area contributed by atoms with Crippen LogP contribution in [0.25, 0.3) is 0 Å². The molecule has 1 N–H and O–H groups in total. The highest BCUT2D eigenvalue weighted by atomic mass is 15.1. The van der Waals surface area contributed by atoms with Gasteiger partial charge >= 0.3 is 0 Å². The van der Waals surface area contributed by atoms with Crippen molar-refractivity contribution in [2.45, 2.75) is 26.3 Å². The Morgan fingerprint density at radius 2 is 2.08 bits per heavy atom. The Bertz CT molecular complexity index is 156. The minimum Gasteiger partial charge on any atom is -0.311 e. The van der Waals surface area contributed by atoms with Crippen LogP contribution in [0.4, 0.5) is 0 Å². The van der Waals surface area contributed by atoms with Gasteiger partial charge < -0.3 is 5.32 Å². The first-order chi connectivity index (χ1) is 5.52. The molecule has 0 aliphatic heterocycles. The van der Waals surface area contributed by atoms with Gasteiger partial charge in [0, 0.05) is 12.1 Å². The normalized spacial score (nSPS) is 11.7. The Balaban J connectivity index is 3.80. The van der Waals surface area contributed by atoms with Gasteiger partial charge in [0.2, 0.25) is 0 Å². The molecule has 70 valence electrons. The van der Waals surface area contributed by atoms with Crippen LogP contribution in [-0.2, 0) is 0 Å². The lowest BCUT2D eigenvalue weighted by Crippen LogP contribution is -2.48. The van der Waals surface area contributed by atoms with Crippen LogP contribution < -0.4 is 5.32 Å². The van der Waals surface area contributed by atoms with Gasteiger partial charge in [0.25, 0.3) is 0 Å². The number of rotatable bonds is 5. The van der Waals surface area contributed by atoms with Crippen molar-refractivity contribution in [2.75, 3.05) is 26.7 Å². The summed E-state index contributed by atoms with van der Waals surface area (Å²) in [6.45, 7) is 9.17. The lowest BCUT2D eigenvalue weighted by molar-refractivity contribution is 0.257. The van der Waals surface area contributed by atoms with Crippen molar-refractivity contribution < 1.29 is 0 Å². The minimum absolute atomic E-state index is 0.153. The fourth-order valence-electron chi connectivity index (χ4n) is 1.42. The van der Waals surface area contributed by atoms with Gasteiger partial charge in [0.15, 0.2) is 0 Å². The third kappa shape index (κ3) is 5.17. The molecule has 0 rings (SSSR count). The predicted octanol–water partition coefficient (Wildman–Crippen LogP) is 0.940. The lowest BCUT2D eigenvalue weighted by Gasteiger charge is -2.30. The van der Waals surface area contributed by atoms with E-state index in [-0.39, 0.29) is 5.54 Å². The van der Waals surface area contributed by atoms with Gasteiger partial charge in [-0.15, -0.1) is 6.42 Å². The maximum absolute atomic E-state index is 5.21. The predicted molar refractivity (Wildman–Crippen MR) is 54.1 cm³/mol. The summed E-state index contributed by atoms with van der Waals surface area (Å²) < 4.78 is 0. The van der Waals surface area contributed by atoms with Crippen molar-refractivity contribution in [3.05, 3.63) is 0 Å². The van der Waals surface area contributed by atoms with Crippen LogP contribution in [-0.4, -0.2) is 37.1 Å². The number of hydrogen-bond acceptors (Lipinski definition) is 2. The average Bonchev–Trinajstić information content (AvgIpc) is 1.85. The van der Waals surface area contributed by atoms with Gasteiger partial charge in [0.05, 0.1) is 6.54 Å². The number of likely N-dealkylation sites (N-methyl/N-ethyl adjacent to an activating group) is 2. The highest BCUT2D eigenvalue weighted by Gasteiger charge is 2.17. The summed E-state index contributed by atoms with van der Waals surface area (Å²) in [5.74, 6) is 2.63. The fraction of sp³-hybridized carbons (Fsp3) is 0.800. The molecule has 0 aliphatic rings. The van der Waals surface area contributed by atoms with Crippen LogP contribution in [0.3, 0.4) is 0 Å². The van der Waals surface area contributed by atoms with Crippen LogP contribution in [0.1, 0.15) is 20.8 Å². The van der Waals surface area contributed by atoms with E-state index in [2.05, 4.69) is 36.9 Å². The second-order valence-electron chi connectivity index (χ2n) is 3.79. The Hall–Kier alpha value is -0.520. The number of hydrogen-bond donors (Lipinski definition) is 1. The molecule has 0 aromatic carbocycles. The number of terminal acetylenes is 1. The summed E-state index contributed by atoms with van der Waals surface area (Å²) in [5, 5.41) is 3.40. The van der Waals surface area contributed by atoms with Crippen molar-refractivity contribution in [1.29, 1.82) is 0 Å². The van der Waals surface area contributed by atoms with E-state index in [0.29, 0.717) is 0 Å². The maximum atomic E-state index is 5.21. The van der Waals surface area contributed by atoms with Crippen molar-refractivity contribution in [3.8, 4) is 12.3 Å². The first-order valence-electron chi connectivity index (χ1n) is 4.39. The topological polar surface area (TPSA) is 15.3 Å². The van der Waals surface area contributed by atoms with E-state index in [1.165, 1.54) is 0 Å². The first-order valence-corrected chi connectivity index (χ1v) is 4.39. The molecule has 0 amide bonds. The van der Waals surface area contributed by atoms with Crippen molar-refractivity contribution in [3.63, 3.8) is 0 Å². The standard InChI is InChI=1S/C10H20N2/c1-6-8-12(5)9-10(3,4)11-7-2/h1,11H,7-9H2,2-5H3. The number of nitrogens with one attached hydrogen (secondary N) is 1. The Kier molecular flexibility index (Phi) is 4.96. The largest absolute Gasteiger partial charge is 0.311 e. The van der Waals surface area contributed by atoms with Gasteiger partial charge in [-0.3, -0.25) is 4.90 Å². The van der Waals surface area contributed by atoms with Crippen LogP contribution in [0, 0.1) is 12.3 Å². The molecule has 12 heavy (non-hydrogen) atoms. The van der Waals surface area contributed by atoms with Crippen LogP contribution in [0.15, 0.2) is 0 Å². The molecule has 0 heterocycles. The molecule has 0 fully saturated rings. The fourth-order valence-corrected chi connectivity index (χ4v) is 1.42. The molecule has 0 saturated carbocycles. The molecule has 0 unspecified atom stereocenters. The molecule has 0 atom stereocenters. The summed E-state index contributed by atoms with van der Waals surface area (Å²) in [4.78, 5) is 2.14. The second-order valence-corrected chi connectivity index (χ2v) is 3.79. The van der Waals surface area contributed by atoms with Crippen LogP contribution >= 0.6 is 0 Å². The van der Waals surface area contributed by atoms with E-state index in [0.717, 1.165) is 19.6 Å². The van der Waals surface area contributed by atoms with Crippen molar-refractivity contribution in [1.82, 2.24) is 10.2 Å². The Morgan fingerprint density at radius 3 is 2.50 bits per heavy atom. The van der Waals surface area contributed by atoms with E-state index in [9.17, 15) is 0 Å². The molecule has 0 bridgehead atoms. The monoisotopic (exact) mass is 168 g/mol. The third-order valence-corrected chi connectivity index (χ3v) is 1.68. The number of nitrogens with zero attached hydrogens (tertiary/aromatic N) is 1. The van der Waals surface area contributed by atoms with E-state index in [1.807, 2.05) is 7.05 Å². The summed E-state index contributed by atoms with van der Waals surface area (Å²) in [6, 6.07) is 0. The van der Waals surface area contributed by atoms with E-state index < -0.39 is 0 Å². The zero-order valence-corrected chi connectivity index (χ0v) is 8.65. The highest BCUT2D eigenvalue weighted by Crippen LogP contribution is 2.02. The van der Waals surface area contributed by atoms with E-state index in [4.69, 9.17) is 6.42 Å². The molecule has 0 spiro atoms. The molecular formula is C10H20N2. The molecule has 0 radical (unpaired) electrons. The van der Waals surface area contributed by atoms with Crippen LogP contribution in [0.5, 0.6) is 0 Å². The molecule has 0 aromatic heterocycles. The summed E-state index contributed by atoms with van der Waals surface area (Å²) >= 11 is 0. The first kappa shape index (κ1) is 11.5. The van der Waals surface area contributed by atoms with Crippen LogP contribution in [0.2, 0.25) is 0 Å². The lowest BCUT2D eigenvalue weighted by atomic mass is 10.1. The molecule has 0 saturated heterocycles.